The molecule has 0 aliphatic carbocycles. The van der Waals surface area contributed by atoms with Crippen molar-refractivity contribution in [2.75, 3.05) is 35.2 Å². The Bertz CT molecular complexity index is 949. The highest BCUT2D eigenvalue weighted by molar-refractivity contribution is 8.77. The van der Waals surface area contributed by atoms with Crippen molar-refractivity contribution in [2.24, 2.45) is 0 Å². The number of carbonyl (C=O) groups is 4. The lowest BCUT2D eigenvalue weighted by molar-refractivity contribution is -0.119. The molecule has 0 fully saturated rings. The van der Waals surface area contributed by atoms with Crippen LogP contribution in [0.1, 0.15) is 61.1 Å². The number of nitrogens with one attached hydrogen (secondary N) is 4. The van der Waals surface area contributed by atoms with Crippen LogP contribution in [0.3, 0.4) is 0 Å². The first-order valence-corrected chi connectivity index (χ1v) is 16.7. The molecule has 0 spiro atoms. The third-order valence-corrected chi connectivity index (χ3v) is 8.79. The Labute approximate surface area is 239 Å². The molecule has 0 aliphatic heterocycles. The second-order valence-electron chi connectivity index (χ2n) is 8.49. The van der Waals surface area contributed by atoms with E-state index in [0.717, 1.165) is 48.3 Å². The first-order chi connectivity index (χ1) is 18.3. The zero-order valence-corrected chi connectivity index (χ0v) is 25.1. The number of hydrogen-bond donors (Lipinski definition) is 4. The van der Waals surface area contributed by atoms with Gasteiger partial charge in [-0.05, 0) is 39.5 Å². The molecule has 0 aliphatic rings. The molecule has 0 unspecified atom stereocenters. The van der Waals surface area contributed by atoms with E-state index in [2.05, 4.69) is 31.2 Å². The summed E-state index contributed by atoms with van der Waals surface area (Å²) in [5, 5.41) is 12.6. The van der Waals surface area contributed by atoms with Gasteiger partial charge in [0.15, 0.2) is 10.3 Å². The van der Waals surface area contributed by atoms with Crippen LogP contribution >= 0.6 is 44.3 Å². The van der Waals surface area contributed by atoms with Gasteiger partial charge in [-0.1, -0.05) is 34.4 Å². The summed E-state index contributed by atoms with van der Waals surface area (Å²) in [5.41, 5.74) is 0. The van der Waals surface area contributed by atoms with E-state index < -0.39 is 0 Å². The number of thiazole rings is 2. The average molecular weight is 601 g/mol. The third-order valence-electron chi connectivity index (χ3n) is 5.00. The van der Waals surface area contributed by atoms with Crippen molar-refractivity contribution >= 4 is 78.2 Å². The second-order valence-corrected chi connectivity index (χ2v) is 13.4. The number of rotatable bonds is 19. The first-order valence-electron chi connectivity index (χ1n) is 12.5. The fraction of sp³-hybridized carbons (Fsp3) is 0.583. The summed E-state index contributed by atoms with van der Waals surface area (Å²) in [4.78, 5) is 57.9. The Morgan fingerprint density at radius 3 is 1.45 bits per heavy atom. The summed E-state index contributed by atoms with van der Waals surface area (Å²) in [6.07, 6.45) is 9.18. The molecular weight excluding hydrogens is 565 g/mol. The molecule has 14 heteroatoms. The van der Waals surface area contributed by atoms with Crippen molar-refractivity contribution < 1.29 is 19.2 Å². The Morgan fingerprint density at radius 2 is 1.08 bits per heavy atom. The fourth-order valence-corrected chi connectivity index (χ4v) is 6.20. The molecule has 38 heavy (non-hydrogen) atoms. The number of aromatic nitrogens is 2. The fourth-order valence-electron chi connectivity index (χ4n) is 3.11. The smallest absolute Gasteiger partial charge is 0.230 e. The number of hydrogen-bond acceptors (Lipinski definition) is 10. The number of unbranched alkanes of at least 4 members (excludes halogenated alkanes) is 4. The Hall–Kier alpha value is -2.16. The van der Waals surface area contributed by atoms with Crippen LogP contribution < -0.4 is 21.3 Å². The maximum absolute atomic E-state index is 11.9. The molecule has 2 rings (SSSR count). The predicted octanol–water partition coefficient (Wildman–Crippen LogP) is 4.53. The monoisotopic (exact) mass is 600 g/mol. The van der Waals surface area contributed by atoms with Gasteiger partial charge in [0.1, 0.15) is 0 Å². The van der Waals surface area contributed by atoms with E-state index in [1.165, 1.54) is 44.3 Å². The minimum Gasteiger partial charge on any atom is -0.355 e. The van der Waals surface area contributed by atoms with Crippen LogP contribution in [0.5, 0.6) is 0 Å². The van der Waals surface area contributed by atoms with E-state index >= 15 is 0 Å². The van der Waals surface area contributed by atoms with E-state index in [4.69, 9.17) is 0 Å². The number of nitrogens with zero attached hydrogens (tertiary/aromatic N) is 2. The molecular formula is C24H36N6O4S4. The van der Waals surface area contributed by atoms with E-state index in [0.29, 0.717) is 36.2 Å². The van der Waals surface area contributed by atoms with Gasteiger partial charge in [0.2, 0.25) is 23.6 Å². The second kappa shape index (κ2) is 19.0. The highest BCUT2D eigenvalue weighted by atomic mass is 33.1. The highest BCUT2D eigenvalue weighted by Crippen LogP contribution is 2.20. The molecule has 0 bridgehead atoms. The van der Waals surface area contributed by atoms with Gasteiger partial charge in [-0.15, -0.1) is 22.7 Å². The Morgan fingerprint density at radius 1 is 0.658 bits per heavy atom. The summed E-state index contributed by atoms with van der Waals surface area (Å²) >= 11 is 2.91. The minimum atomic E-state index is -0.0613. The Balaban J connectivity index is 1.34. The molecule has 0 saturated carbocycles. The van der Waals surface area contributed by atoms with E-state index in [1.54, 1.807) is 12.4 Å². The standard InChI is InChI=1S/C24H36N6O4S4/c1-17-13-27-23(37-17)29-19(31)9-5-3-7-11-25-21(33)15-35-36-16-22(34)26-12-8-4-6-10-20(32)30-24-28-14-18(2)38-24/h13-14H,3-12,15-16H2,1-2H3,(H,25,33)(H,26,34)(H,27,29,31)(H,28,30,32). The van der Waals surface area contributed by atoms with Gasteiger partial charge in [-0.3, -0.25) is 19.2 Å². The Kier molecular flexibility index (Phi) is 16.0. The first kappa shape index (κ1) is 32.1. The molecule has 2 aromatic heterocycles. The van der Waals surface area contributed by atoms with Gasteiger partial charge in [0, 0.05) is 48.1 Å². The van der Waals surface area contributed by atoms with Gasteiger partial charge in [0.25, 0.3) is 0 Å². The van der Waals surface area contributed by atoms with E-state index in [9.17, 15) is 19.2 Å². The van der Waals surface area contributed by atoms with Gasteiger partial charge in [0.05, 0.1) is 11.5 Å². The largest absolute Gasteiger partial charge is 0.355 e. The molecule has 4 amide bonds. The summed E-state index contributed by atoms with van der Waals surface area (Å²) in [5.74, 6) is 0.376. The molecule has 4 N–H and O–H groups in total. The van der Waals surface area contributed by atoms with Crippen LogP contribution in [0.15, 0.2) is 12.4 Å². The lowest BCUT2D eigenvalue weighted by Crippen LogP contribution is -2.27. The molecule has 210 valence electrons. The van der Waals surface area contributed by atoms with Crippen LogP contribution in [-0.2, 0) is 19.2 Å². The van der Waals surface area contributed by atoms with Crippen molar-refractivity contribution in [1.29, 1.82) is 0 Å². The lowest BCUT2D eigenvalue weighted by atomic mass is 10.2. The number of anilines is 2. The maximum atomic E-state index is 11.9. The van der Waals surface area contributed by atoms with Crippen molar-refractivity contribution in [1.82, 2.24) is 20.6 Å². The van der Waals surface area contributed by atoms with E-state index in [-0.39, 0.29) is 35.1 Å². The topological polar surface area (TPSA) is 142 Å². The van der Waals surface area contributed by atoms with Crippen LogP contribution in [0.4, 0.5) is 10.3 Å². The number of aryl methyl sites for hydroxylation is 2. The zero-order chi connectivity index (χ0) is 27.6. The van der Waals surface area contributed by atoms with Crippen molar-refractivity contribution in [3.05, 3.63) is 22.1 Å². The quantitative estimate of drug-likeness (QED) is 0.136. The van der Waals surface area contributed by atoms with E-state index in [1.807, 2.05) is 13.8 Å². The van der Waals surface area contributed by atoms with Gasteiger partial charge in [-0.25, -0.2) is 9.97 Å². The molecule has 0 aromatic carbocycles. The molecule has 2 heterocycles. The molecule has 0 atom stereocenters. The van der Waals surface area contributed by atoms with Crippen LogP contribution in [-0.4, -0.2) is 58.2 Å². The van der Waals surface area contributed by atoms with Crippen LogP contribution in [0.2, 0.25) is 0 Å². The molecule has 2 aromatic rings. The summed E-state index contributed by atoms with van der Waals surface area (Å²) < 4.78 is 0. The maximum Gasteiger partial charge on any atom is 0.230 e. The normalized spacial score (nSPS) is 10.7. The van der Waals surface area contributed by atoms with Gasteiger partial charge >= 0.3 is 0 Å². The van der Waals surface area contributed by atoms with Crippen molar-refractivity contribution in [3.8, 4) is 0 Å². The summed E-state index contributed by atoms with van der Waals surface area (Å²) in [6, 6.07) is 0. The highest BCUT2D eigenvalue weighted by Gasteiger charge is 2.08. The molecule has 0 saturated heterocycles. The lowest BCUT2D eigenvalue weighted by Gasteiger charge is -2.06. The van der Waals surface area contributed by atoms with Gasteiger partial charge < -0.3 is 21.3 Å². The summed E-state index contributed by atoms with van der Waals surface area (Å²) in [7, 11) is 2.71. The molecule has 0 radical (unpaired) electrons. The van der Waals surface area contributed by atoms with Gasteiger partial charge in [-0.2, -0.15) is 0 Å². The van der Waals surface area contributed by atoms with Crippen molar-refractivity contribution in [3.63, 3.8) is 0 Å². The minimum absolute atomic E-state index is 0.0386. The average Bonchev–Trinajstić information content (AvgIpc) is 3.47. The molecule has 10 nitrogen and oxygen atoms in total. The zero-order valence-electron chi connectivity index (χ0n) is 21.8. The third kappa shape index (κ3) is 15.3. The number of carbonyl (C=O) groups excluding carboxylic acids is 4. The number of amides is 4. The van der Waals surface area contributed by atoms with Crippen LogP contribution in [0, 0.1) is 13.8 Å². The predicted molar refractivity (Wildman–Crippen MR) is 159 cm³/mol. The SMILES string of the molecule is Cc1cnc(NC(=O)CCCCCNC(=O)CSSCC(=O)NCCCCCC(=O)Nc2ncc(C)s2)s1. The van der Waals surface area contributed by atoms with Crippen LogP contribution in [0.25, 0.3) is 0 Å². The van der Waals surface area contributed by atoms with Crippen molar-refractivity contribution in [2.45, 2.75) is 65.2 Å². The summed E-state index contributed by atoms with van der Waals surface area (Å²) in [6.45, 7) is 5.03.